The maximum Gasteiger partial charge on any atom is 0.413 e. The number of hydrogen-bond donors (Lipinski definition) is 2. The van der Waals surface area contributed by atoms with Crippen molar-refractivity contribution in [3.05, 3.63) is 52.4 Å². The van der Waals surface area contributed by atoms with Gasteiger partial charge in [0.25, 0.3) is 5.91 Å². The van der Waals surface area contributed by atoms with Crippen molar-refractivity contribution in [1.82, 2.24) is 10.2 Å². The highest BCUT2D eigenvalue weighted by Crippen LogP contribution is 2.27. The highest BCUT2D eigenvalue weighted by Gasteiger charge is 2.27. The molecule has 0 spiro atoms. The maximum absolute atomic E-state index is 12.9. The lowest BCUT2D eigenvalue weighted by Gasteiger charge is -2.34. The molecule has 0 saturated carbocycles. The fraction of sp³-hybridized carbons (Fsp3) is 0.455. The fourth-order valence-electron chi connectivity index (χ4n) is 3.53. The number of ether oxygens (including phenoxy) is 1. The molecule has 2 aromatic rings. The smallest absolute Gasteiger partial charge is 0.413 e. The SMILES string of the molecule is CC(C)N1CCC(CNC(=O)[C@H](OC(=O)Nc2ccc(Cl)s2)c2ccccc2)CC1. The number of piperidine rings is 1. The largest absolute Gasteiger partial charge is 0.431 e. The van der Waals surface area contributed by atoms with Crippen LogP contribution in [-0.2, 0) is 9.53 Å². The van der Waals surface area contributed by atoms with Crippen LogP contribution in [0.15, 0.2) is 42.5 Å². The van der Waals surface area contributed by atoms with Gasteiger partial charge in [0, 0.05) is 18.2 Å². The lowest BCUT2D eigenvalue weighted by Crippen LogP contribution is -2.42. The minimum absolute atomic E-state index is 0.313. The zero-order chi connectivity index (χ0) is 21.5. The summed E-state index contributed by atoms with van der Waals surface area (Å²) >= 11 is 7.12. The first-order valence-corrected chi connectivity index (χ1v) is 11.4. The third kappa shape index (κ3) is 6.45. The van der Waals surface area contributed by atoms with E-state index >= 15 is 0 Å². The first-order valence-electron chi connectivity index (χ1n) is 10.2. The van der Waals surface area contributed by atoms with E-state index in [2.05, 4.69) is 29.4 Å². The Morgan fingerprint density at radius 3 is 2.47 bits per heavy atom. The molecule has 2 heterocycles. The second-order valence-corrected chi connectivity index (χ2v) is 9.46. The molecule has 0 aliphatic carbocycles. The molecular weight excluding hydrogens is 422 g/mol. The molecule has 1 aliphatic rings. The number of likely N-dealkylation sites (tertiary alicyclic amines) is 1. The van der Waals surface area contributed by atoms with Gasteiger partial charge in [0.05, 0.1) is 9.34 Å². The highest BCUT2D eigenvalue weighted by atomic mass is 35.5. The summed E-state index contributed by atoms with van der Waals surface area (Å²) in [6.45, 7) is 7.09. The summed E-state index contributed by atoms with van der Waals surface area (Å²) in [6, 6.07) is 13.0. The van der Waals surface area contributed by atoms with Gasteiger partial charge in [-0.3, -0.25) is 10.1 Å². The topological polar surface area (TPSA) is 70.7 Å². The van der Waals surface area contributed by atoms with Crippen molar-refractivity contribution >= 4 is 39.9 Å². The van der Waals surface area contributed by atoms with Crippen molar-refractivity contribution in [2.75, 3.05) is 25.0 Å². The van der Waals surface area contributed by atoms with E-state index in [-0.39, 0.29) is 5.91 Å². The Hall–Kier alpha value is -2.09. The first-order chi connectivity index (χ1) is 14.4. The number of nitrogens with one attached hydrogen (secondary N) is 2. The Morgan fingerprint density at radius 1 is 1.17 bits per heavy atom. The Bertz CT molecular complexity index is 835. The quantitative estimate of drug-likeness (QED) is 0.628. The van der Waals surface area contributed by atoms with Crippen LogP contribution in [0.2, 0.25) is 4.34 Å². The van der Waals surface area contributed by atoms with E-state index in [1.165, 1.54) is 11.3 Å². The minimum atomic E-state index is -1.02. The summed E-state index contributed by atoms with van der Waals surface area (Å²) in [4.78, 5) is 27.7. The molecule has 0 bridgehead atoms. The van der Waals surface area contributed by atoms with Crippen LogP contribution in [0.5, 0.6) is 0 Å². The van der Waals surface area contributed by atoms with Crippen molar-refractivity contribution in [2.45, 2.75) is 38.8 Å². The summed E-state index contributed by atoms with van der Waals surface area (Å²) < 4.78 is 6.05. The summed E-state index contributed by atoms with van der Waals surface area (Å²) in [7, 11) is 0. The normalized spacial score (nSPS) is 16.3. The van der Waals surface area contributed by atoms with Crippen LogP contribution in [0.1, 0.15) is 38.4 Å². The molecule has 0 unspecified atom stereocenters. The molecule has 8 heteroatoms. The first kappa shape index (κ1) is 22.6. The summed E-state index contributed by atoms with van der Waals surface area (Å²) in [5.74, 6) is 0.120. The fourth-order valence-corrected chi connectivity index (χ4v) is 4.46. The third-order valence-corrected chi connectivity index (χ3v) is 6.45. The van der Waals surface area contributed by atoms with Gasteiger partial charge in [-0.25, -0.2) is 4.79 Å². The Balaban J connectivity index is 1.58. The zero-order valence-corrected chi connectivity index (χ0v) is 18.8. The number of hydrogen-bond acceptors (Lipinski definition) is 5. The molecule has 1 saturated heterocycles. The van der Waals surface area contributed by atoms with E-state index in [9.17, 15) is 9.59 Å². The van der Waals surface area contributed by atoms with Crippen molar-refractivity contribution in [3.63, 3.8) is 0 Å². The van der Waals surface area contributed by atoms with Crippen molar-refractivity contribution in [2.24, 2.45) is 5.92 Å². The number of nitrogens with zero attached hydrogens (tertiary/aromatic N) is 1. The molecule has 162 valence electrons. The predicted octanol–water partition coefficient (Wildman–Crippen LogP) is 4.93. The van der Waals surface area contributed by atoms with Gasteiger partial charge in [-0.2, -0.15) is 0 Å². The van der Waals surface area contributed by atoms with Crippen molar-refractivity contribution in [3.8, 4) is 0 Å². The average Bonchev–Trinajstić information content (AvgIpc) is 3.15. The predicted molar refractivity (Wildman–Crippen MR) is 121 cm³/mol. The summed E-state index contributed by atoms with van der Waals surface area (Å²) in [6.07, 6.45) is 0.393. The third-order valence-electron chi connectivity index (χ3n) is 5.31. The summed E-state index contributed by atoms with van der Waals surface area (Å²) in [5, 5.41) is 6.18. The van der Waals surface area contributed by atoms with E-state index in [0.29, 0.717) is 33.4 Å². The molecule has 30 heavy (non-hydrogen) atoms. The van der Waals surface area contributed by atoms with Crippen molar-refractivity contribution < 1.29 is 14.3 Å². The lowest BCUT2D eigenvalue weighted by molar-refractivity contribution is -0.129. The number of carbonyl (C=O) groups excluding carboxylic acids is 2. The molecule has 2 N–H and O–H groups in total. The van der Waals surface area contributed by atoms with Crippen LogP contribution in [0, 0.1) is 5.92 Å². The van der Waals surface area contributed by atoms with Crippen LogP contribution >= 0.6 is 22.9 Å². The van der Waals surface area contributed by atoms with E-state index in [1.807, 2.05) is 18.2 Å². The Labute approximate surface area is 186 Å². The van der Waals surface area contributed by atoms with Gasteiger partial charge in [-0.1, -0.05) is 41.9 Å². The molecule has 6 nitrogen and oxygen atoms in total. The van der Waals surface area contributed by atoms with Gasteiger partial charge in [-0.05, 0) is 57.8 Å². The molecule has 1 aromatic carbocycles. The number of anilines is 1. The monoisotopic (exact) mass is 449 g/mol. The van der Waals surface area contributed by atoms with Gasteiger partial charge in [0.15, 0.2) is 0 Å². The van der Waals surface area contributed by atoms with Crippen LogP contribution in [0.3, 0.4) is 0 Å². The number of carbonyl (C=O) groups is 2. The number of thiophene rings is 1. The number of amides is 2. The van der Waals surface area contributed by atoms with Gasteiger partial charge >= 0.3 is 6.09 Å². The van der Waals surface area contributed by atoms with E-state index in [0.717, 1.165) is 25.9 Å². The van der Waals surface area contributed by atoms with Gasteiger partial charge in [-0.15, -0.1) is 11.3 Å². The Kier molecular flexibility index (Phi) is 8.13. The highest BCUT2D eigenvalue weighted by molar-refractivity contribution is 7.20. The molecular formula is C22H28ClN3O3S. The zero-order valence-electron chi connectivity index (χ0n) is 17.3. The molecule has 1 aliphatic heterocycles. The van der Waals surface area contributed by atoms with Crippen LogP contribution < -0.4 is 10.6 Å². The number of halogens is 1. The Morgan fingerprint density at radius 2 is 1.87 bits per heavy atom. The van der Waals surface area contributed by atoms with E-state index < -0.39 is 12.2 Å². The second kappa shape index (κ2) is 10.8. The van der Waals surface area contributed by atoms with E-state index in [4.69, 9.17) is 16.3 Å². The molecule has 2 amide bonds. The maximum atomic E-state index is 12.9. The van der Waals surface area contributed by atoms with Crippen LogP contribution in [-0.4, -0.2) is 42.6 Å². The van der Waals surface area contributed by atoms with Crippen LogP contribution in [0.4, 0.5) is 9.80 Å². The van der Waals surface area contributed by atoms with Gasteiger partial charge in [0.2, 0.25) is 6.10 Å². The average molecular weight is 450 g/mol. The van der Waals surface area contributed by atoms with Gasteiger partial charge < -0.3 is 15.0 Å². The lowest BCUT2D eigenvalue weighted by atomic mass is 9.96. The molecule has 1 fully saturated rings. The van der Waals surface area contributed by atoms with Crippen molar-refractivity contribution in [1.29, 1.82) is 0 Å². The minimum Gasteiger partial charge on any atom is -0.431 e. The standard InChI is InChI=1S/C22H28ClN3O3S/c1-15(2)26-12-10-16(11-13-26)14-24-21(27)20(17-6-4-3-5-7-17)29-22(28)25-19-9-8-18(23)30-19/h3-9,15-16,20H,10-14H2,1-2H3,(H,24,27)(H,25,28)/t20-/m1/s1. The molecule has 1 aromatic heterocycles. The molecule has 3 rings (SSSR count). The van der Waals surface area contributed by atoms with Crippen LogP contribution in [0.25, 0.3) is 0 Å². The van der Waals surface area contributed by atoms with E-state index in [1.54, 1.807) is 24.3 Å². The number of rotatable bonds is 7. The molecule has 0 radical (unpaired) electrons. The summed E-state index contributed by atoms with van der Waals surface area (Å²) in [5.41, 5.74) is 0.629. The number of benzene rings is 1. The van der Waals surface area contributed by atoms with Gasteiger partial charge in [0.1, 0.15) is 0 Å². The second-order valence-electron chi connectivity index (χ2n) is 7.74. The molecule has 1 atom stereocenters.